The van der Waals surface area contributed by atoms with Gasteiger partial charge in [0.2, 0.25) is 41.4 Å². The number of aliphatic hydroxyl groups excluding tert-OH is 1. The number of carbonyl (C=O) groups excluding carboxylic acids is 7. The van der Waals surface area contributed by atoms with E-state index in [4.69, 9.17) is 11.5 Å². The van der Waals surface area contributed by atoms with Gasteiger partial charge < -0.3 is 48.3 Å². The van der Waals surface area contributed by atoms with Crippen LogP contribution in [0.4, 0.5) is 0 Å². The Hall–Kier alpha value is -6.36. The molecule has 0 saturated carbocycles. The topological polar surface area (TPSA) is 289 Å². The highest BCUT2D eigenvalue weighted by Gasteiger charge is 2.32. The van der Waals surface area contributed by atoms with Gasteiger partial charge in [0.05, 0.1) is 12.5 Å². The summed E-state index contributed by atoms with van der Waals surface area (Å²) in [5.74, 6) is -5.67. The van der Waals surface area contributed by atoms with Crippen LogP contribution in [0.25, 0.3) is 10.8 Å². The summed E-state index contributed by atoms with van der Waals surface area (Å²) in [6.07, 6.45) is 10.1. The van der Waals surface area contributed by atoms with Crippen LogP contribution in [0.15, 0.2) is 72.8 Å². The molecule has 0 aliphatic carbocycles. The first-order valence-electron chi connectivity index (χ1n) is 24.4. The molecule has 0 bridgehead atoms. The monoisotopic (exact) mass is 958 g/mol. The molecule has 3 aromatic rings. The number of primary amides is 2. The van der Waals surface area contributed by atoms with E-state index in [1.54, 1.807) is 6.07 Å². The molecule has 0 aromatic heterocycles. The second kappa shape index (κ2) is 30.9. The third kappa shape index (κ3) is 22.1. The summed E-state index contributed by atoms with van der Waals surface area (Å²) < 4.78 is 0. The molecule has 378 valence electrons. The van der Waals surface area contributed by atoms with Gasteiger partial charge in [-0.25, -0.2) is 4.79 Å². The second-order valence-corrected chi connectivity index (χ2v) is 18.4. The highest BCUT2D eigenvalue weighted by Crippen LogP contribution is 2.20. The normalized spacial score (nSPS) is 13.8. The van der Waals surface area contributed by atoms with E-state index in [1.165, 1.54) is 6.92 Å². The summed E-state index contributed by atoms with van der Waals surface area (Å²) in [5.41, 5.74) is 12.5. The smallest absolute Gasteiger partial charge is 0.326 e. The number of hydrogen-bond acceptors (Lipinski definition) is 9. The molecule has 0 fully saturated rings. The van der Waals surface area contributed by atoms with E-state index in [0.717, 1.165) is 86.1 Å². The van der Waals surface area contributed by atoms with Crippen molar-refractivity contribution >= 4 is 58.1 Å². The minimum absolute atomic E-state index is 0.00613. The fraction of sp³-hybridized carbons (Fsp3) is 0.538. The van der Waals surface area contributed by atoms with E-state index in [0.29, 0.717) is 12.8 Å². The maximum atomic E-state index is 13.3. The Morgan fingerprint density at radius 1 is 0.522 bits per heavy atom. The number of unbranched alkanes of at least 4 members (excludes halogenated alkanes) is 11. The van der Waals surface area contributed by atoms with Crippen molar-refractivity contribution < 1.29 is 48.6 Å². The zero-order valence-electron chi connectivity index (χ0n) is 40.5. The van der Waals surface area contributed by atoms with Crippen LogP contribution in [0.1, 0.15) is 135 Å². The molecule has 0 saturated heterocycles. The fourth-order valence-electron chi connectivity index (χ4n) is 8.14. The molecule has 3 aromatic carbocycles. The average Bonchev–Trinajstić information content (AvgIpc) is 3.29. The zero-order chi connectivity index (χ0) is 50.7. The molecule has 0 aliphatic rings. The van der Waals surface area contributed by atoms with Gasteiger partial charge in [-0.2, -0.15) is 0 Å². The molecule has 11 N–H and O–H groups in total. The first-order chi connectivity index (χ1) is 32.9. The average molecular weight is 958 g/mol. The highest BCUT2D eigenvalue weighted by molar-refractivity contribution is 5.95. The van der Waals surface area contributed by atoms with Crippen molar-refractivity contribution in [2.24, 2.45) is 17.4 Å². The number of carbonyl (C=O) groups is 8. The maximum absolute atomic E-state index is 13.3. The van der Waals surface area contributed by atoms with E-state index >= 15 is 0 Å². The third-order valence-corrected chi connectivity index (χ3v) is 11.9. The lowest BCUT2D eigenvalue weighted by Crippen LogP contribution is -2.59. The molecule has 0 radical (unpaired) electrons. The van der Waals surface area contributed by atoms with E-state index < -0.39 is 84.1 Å². The summed E-state index contributed by atoms with van der Waals surface area (Å²) in [7, 11) is 0. The van der Waals surface area contributed by atoms with Gasteiger partial charge in [0, 0.05) is 25.7 Å². The molecule has 6 atom stereocenters. The lowest BCUT2D eigenvalue weighted by atomic mass is 9.98. The Morgan fingerprint density at radius 2 is 1.01 bits per heavy atom. The first kappa shape index (κ1) is 57.0. The number of nitrogens with two attached hydrogens (primary N) is 2. The van der Waals surface area contributed by atoms with E-state index in [1.807, 2.05) is 80.6 Å². The van der Waals surface area contributed by atoms with E-state index in [9.17, 15) is 48.6 Å². The van der Waals surface area contributed by atoms with Gasteiger partial charge in [-0.1, -0.05) is 151 Å². The first-order valence-corrected chi connectivity index (χ1v) is 24.4. The molecule has 3 rings (SSSR count). The van der Waals surface area contributed by atoms with E-state index in [-0.39, 0.29) is 43.9 Å². The quantitative estimate of drug-likeness (QED) is 0.0381. The summed E-state index contributed by atoms with van der Waals surface area (Å²) >= 11 is 0. The van der Waals surface area contributed by atoms with Crippen LogP contribution in [0.5, 0.6) is 0 Å². The standard InChI is InChI=1S/C52H75N7O10/c1-34(2)30-41(49(65)56-40(48(54)64)31-36-22-15-14-16-23-36)57-51(67)47(35(3)60)59-46(63)29-18-13-11-9-7-5-4-6-8-10-12-17-28-45(62)55-42(33-44(53)61)50(66)58-43(52(68)69)32-38-26-21-25-37-24-19-20-27-39(37)38/h14-16,19-27,34-35,40-43,47,60H,4-13,17-18,28-33H2,1-3H3,(H2,53,61)(H2,54,64)(H,55,62)(H,56,65)(H,57,67)(H,58,66)(H,59,63)(H,68,69)/t35-,40+,41+,42+,43+,47+/m1/s1. The van der Waals surface area contributed by atoms with Crippen LogP contribution >= 0.6 is 0 Å². The number of rotatable bonds is 34. The van der Waals surface area contributed by atoms with Gasteiger partial charge in [-0.15, -0.1) is 0 Å². The fourth-order valence-corrected chi connectivity index (χ4v) is 8.14. The summed E-state index contributed by atoms with van der Waals surface area (Å²) in [6, 6.07) is 16.2. The van der Waals surface area contributed by atoms with Crippen LogP contribution < -0.4 is 38.1 Å². The molecule has 0 heterocycles. The SMILES string of the molecule is CC(C)C[C@H](NC(=O)[C@@H](NC(=O)CCCCCCCCCCCCCCC(=O)N[C@@H](CC(N)=O)C(=O)N[C@@H](Cc1cccc2ccccc12)C(=O)O)[C@@H](C)O)C(=O)N[C@@H](Cc1ccccc1)C(N)=O. The predicted octanol–water partition coefficient (Wildman–Crippen LogP) is 4.38. The largest absolute Gasteiger partial charge is 0.480 e. The Kier molecular flexibility index (Phi) is 25.5. The van der Waals surface area contributed by atoms with Crippen molar-refractivity contribution in [1.29, 1.82) is 0 Å². The number of carboxylic acid groups (broad SMARTS) is 1. The molecular weight excluding hydrogens is 883 g/mol. The zero-order valence-corrected chi connectivity index (χ0v) is 40.5. The van der Waals surface area contributed by atoms with Crippen molar-refractivity contribution in [3.8, 4) is 0 Å². The van der Waals surface area contributed by atoms with Gasteiger partial charge in [-0.3, -0.25) is 33.6 Å². The van der Waals surface area contributed by atoms with Crippen LogP contribution in [-0.2, 0) is 51.2 Å². The number of hydrogen-bond donors (Lipinski definition) is 9. The van der Waals surface area contributed by atoms with Crippen molar-refractivity contribution in [2.45, 2.75) is 173 Å². The molecule has 17 nitrogen and oxygen atoms in total. The number of aliphatic hydroxyl groups is 1. The predicted molar refractivity (Wildman–Crippen MR) is 264 cm³/mol. The minimum atomic E-state index is -1.30. The Balaban J connectivity index is 1.27. The van der Waals surface area contributed by atoms with Crippen LogP contribution in [0, 0.1) is 5.92 Å². The van der Waals surface area contributed by atoms with Gasteiger partial charge in [-0.05, 0) is 54.0 Å². The third-order valence-electron chi connectivity index (χ3n) is 11.9. The second-order valence-electron chi connectivity index (χ2n) is 18.4. The van der Waals surface area contributed by atoms with E-state index in [2.05, 4.69) is 26.6 Å². The number of nitrogens with one attached hydrogen (secondary N) is 5. The Bertz CT molecular complexity index is 2130. The molecule has 7 amide bonds. The molecule has 69 heavy (non-hydrogen) atoms. The summed E-state index contributed by atoms with van der Waals surface area (Å²) in [5, 5.41) is 35.1. The molecule has 17 heteroatoms. The Labute approximate surface area is 406 Å². The summed E-state index contributed by atoms with van der Waals surface area (Å²) in [4.78, 5) is 101. The van der Waals surface area contributed by atoms with Crippen LogP contribution in [0.3, 0.4) is 0 Å². The molecule has 0 aliphatic heterocycles. The lowest BCUT2D eigenvalue weighted by Gasteiger charge is -2.26. The van der Waals surface area contributed by atoms with Gasteiger partial charge in [0.25, 0.3) is 0 Å². The molecule has 0 unspecified atom stereocenters. The van der Waals surface area contributed by atoms with Gasteiger partial charge in [0.15, 0.2) is 0 Å². The van der Waals surface area contributed by atoms with Crippen molar-refractivity contribution in [3.63, 3.8) is 0 Å². The van der Waals surface area contributed by atoms with Gasteiger partial charge >= 0.3 is 5.97 Å². The highest BCUT2D eigenvalue weighted by atomic mass is 16.4. The van der Waals surface area contributed by atoms with Crippen LogP contribution in [-0.4, -0.2) is 93.8 Å². The minimum Gasteiger partial charge on any atom is -0.480 e. The van der Waals surface area contributed by atoms with Crippen LogP contribution in [0.2, 0.25) is 0 Å². The molecule has 0 spiro atoms. The van der Waals surface area contributed by atoms with Gasteiger partial charge in [0.1, 0.15) is 30.2 Å². The maximum Gasteiger partial charge on any atom is 0.326 e. The lowest BCUT2D eigenvalue weighted by molar-refractivity contribution is -0.142. The molecular formula is C52H75N7O10. The number of amides is 7. The summed E-state index contributed by atoms with van der Waals surface area (Å²) in [6.45, 7) is 5.15. The number of aliphatic carboxylic acids is 1. The number of fused-ring (bicyclic) bond motifs is 1. The van der Waals surface area contributed by atoms with Crippen molar-refractivity contribution in [1.82, 2.24) is 26.6 Å². The number of carboxylic acids is 1. The number of benzene rings is 3. The Morgan fingerprint density at radius 3 is 1.55 bits per heavy atom. The van der Waals surface area contributed by atoms with Crippen molar-refractivity contribution in [3.05, 3.63) is 83.9 Å². The van der Waals surface area contributed by atoms with Crippen molar-refractivity contribution in [2.75, 3.05) is 0 Å².